The molecule has 0 aliphatic heterocycles. The highest BCUT2D eigenvalue weighted by atomic mass is 32.2. The number of hydrogen-bond donors (Lipinski definition) is 3. The zero-order chi connectivity index (χ0) is 21.6. The number of sulfonamides is 1. The molecule has 1 atom stereocenters. The highest BCUT2D eigenvalue weighted by Gasteiger charge is 2.27. The van der Waals surface area contributed by atoms with Crippen molar-refractivity contribution in [3.05, 3.63) is 36.4 Å². The second-order valence-electron chi connectivity index (χ2n) is 6.67. The number of nitrogens with zero attached hydrogens (tertiary/aromatic N) is 2. The van der Waals surface area contributed by atoms with Gasteiger partial charge >= 0.3 is 5.97 Å². The summed E-state index contributed by atoms with van der Waals surface area (Å²) in [5, 5.41) is 1.36. The number of esters is 1. The highest BCUT2D eigenvalue weighted by molar-refractivity contribution is 7.89. The van der Waals surface area contributed by atoms with Crippen LogP contribution in [0.5, 0.6) is 0 Å². The van der Waals surface area contributed by atoms with E-state index in [1.807, 2.05) is 31.1 Å². The average molecular weight is 422 g/mol. The van der Waals surface area contributed by atoms with Crippen LogP contribution in [0.4, 0.5) is 5.69 Å². The molecule has 158 valence electrons. The minimum atomic E-state index is -3.99. The maximum atomic E-state index is 13.1. The second-order valence-corrected chi connectivity index (χ2v) is 8.35. The molecule has 9 nitrogen and oxygen atoms in total. The molecule has 0 aliphatic rings. The molecule has 0 saturated heterocycles. The summed E-state index contributed by atoms with van der Waals surface area (Å²) >= 11 is 0. The molecule has 0 radical (unpaired) electrons. The molecule has 5 N–H and O–H groups in total. The minimum Gasteiger partial charge on any atom is -0.468 e. The van der Waals surface area contributed by atoms with Gasteiger partial charge in [-0.1, -0.05) is 24.3 Å². The van der Waals surface area contributed by atoms with Gasteiger partial charge in [-0.15, -0.1) is 0 Å². The van der Waals surface area contributed by atoms with Crippen LogP contribution in [0.2, 0.25) is 0 Å². The van der Waals surface area contributed by atoms with Crippen molar-refractivity contribution in [1.82, 2.24) is 4.72 Å². The maximum Gasteiger partial charge on any atom is 0.323 e. The Labute approximate surface area is 170 Å². The molecule has 29 heavy (non-hydrogen) atoms. The van der Waals surface area contributed by atoms with Gasteiger partial charge in [0, 0.05) is 37.1 Å². The Kier molecular flexibility index (Phi) is 7.40. The second kappa shape index (κ2) is 9.57. The van der Waals surface area contributed by atoms with Crippen molar-refractivity contribution in [3.8, 4) is 0 Å². The van der Waals surface area contributed by atoms with E-state index < -0.39 is 22.0 Å². The molecule has 0 aliphatic carbocycles. The number of fused-ring (bicyclic) bond motifs is 1. The van der Waals surface area contributed by atoms with Crippen LogP contribution < -0.4 is 21.1 Å². The number of aliphatic imine (C=N–C) groups is 1. The van der Waals surface area contributed by atoms with Crippen molar-refractivity contribution in [3.63, 3.8) is 0 Å². The summed E-state index contributed by atoms with van der Waals surface area (Å²) in [6.45, 7) is 0.276. The molecule has 0 heterocycles. The Morgan fingerprint density at radius 1 is 1.17 bits per heavy atom. The maximum absolute atomic E-state index is 13.1. The van der Waals surface area contributed by atoms with Gasteiger partial charge in [0.15, 0.2) is 5.96 Å². The van der Waals surface area contributed by atoms with E-state index in [2.05, 4.69) is 9.71 Å². The van der Waals surface area contributed by atoms with Crippen molar-refractivity contribution < 1.29 is 17.9 Å². The summed E-state index contributed by atoms with van der Waals surface area (Å²) in [7, 11) is 0.991. The molecule has 0 unspecified atom stereocenters. The molecule has 0 amide bonds. The molecule has 2 rings (SSSR count). The number of nitrogens with one attached hydrogen (secondary N) is 1. The molecule has 0 spiro atoms. The quantitative estimate of drug-likeness (QED) is 0.235. The first kappa shape index (κ1) is 22.4. The van der Waals surface area contributed by atoms with Gasteiger partial charge in [0.2, 0.25) is 10.0 Å². The van der Waals surface area contributed by atoms with E-state index in [1.54, 1.807) is 18.2 Å². The van der Waals surface area contributed by atoms with Gasteiger partial charge in [-0.2, -0.15) is 4.72 Å². The largest absolute Gasteiger partial charge is 0.468 e. The van der Waals surface area contributed by atoms with E-state index in [9.17, 15) is 13.2 Å². The highest BCUT2D eigenvalue weighted by Crippen LogP contribution is 2.30. The fourth-order valence-corrected chi connectivity index (χ4v) is 4.45. The summed E-state index contributed by atoms with van der Waals surface area (Å²) in [5.74, 6) is -0.736. The van der Waals surface area contributed by atoms with Crippen molar-refractivity contribution >= 4 is 38.4 Å². The lowest BCUT2D eigenvalue weighted by Gasteiger charge is -2.19. The zero-order valence-corrected chi connectivity index (χ0v) is 17.6. The van der Waals surface area contributed by atoms with E-state index in [-0.39, 0.29) is 23.8 Å². The predicted octanol–water partition coefficient (Wildman–Crippen LogP) is 0.779. The summed E-state index contributed by atoms with van der Waals surface area (Å²) in [6.07, 6.45) is 0.594. The first-order chi connectivity index (χ1) is 13.7. The summed E-state index contributed by atoms with van der Waals surface area (Å²) in [4.78, 5) is 18.0. The number of carbonyl (C=O) groups excluding carboxylic acids is 1. The van der Waals surface area contributed by atoms with E-state index in [4.69, 9.17) is 16.2 Å². The van der Waals surface area contributed by atoms with Crippen LogP contribution >= 0.6 is 0 Å². The average Bonchev–Trinajstić information content (AvgIpc) is 2.68. The molecular formula is C19H27N5O4S. The lowest BCUT2D eigenvalue weighted by molar-refractivity contribution is -0.142. The van der Waals surface area contributed by atoms with E-state index in [0.717, 1.165) is 11.1 Å². The fraction of sp³-hybridized carbons (Fsp3) is 0.368. The van der Waals surface area contributed by atoms with Crippen molar-refractivity contribution in [2.45, 2.75) is 23.8 Å². The van der Waals surface area contributed by atoms with Crippen molar-refractivity contribution in [2.75, 3.05) is 32.6 Å². The third-order valence-electron chi connectivity index (χ3n) is 4.36. The lowest BCUT2D eigenvalue weighted by Crippen LogP contribution is -2.41. The van der Waals surface area contributed by atoms with Gasteiger partial charge in [0.05, 0.1) is 12.0 Å². The number of carbonyl (C=O) groups is 1. The third-order valence-corrected chi connectivity index (χ3v) is 5.89. The smallest absolute Gasteiger partial charge is 0.323 e. The molecule has 0 bridgehead atoms. The number of guanidine groups is 1. The van der Waals surface area contributed by atoms with Gasteiger partial charge in [0.25, 0.3) is 0 Å². The standard InChI is InChI=1S/C19H27N5O4S/c1-24(2)16-10-4-8-14-13(16)7-5-11-17(14)29(26,27)23-15(18(25)28-3)9-6-12-22-19(20)21/h4-5,7-8,10-11,15,23H,6,9,12H2,1-3H3,(H4,20,21,22)/t15-/m0/s1. The minimum absolute atomic E-state index is 0.0624. The van der Waals surface area contributed by atoms with Crippen LogP contribution in [0.3, 0.4) is 0 Å². The number of methoxy groups -OCH3 is 1. The number of benzene rings is 2. The van der Waals surface area contributed by atoms with Crippen LogP contribution in [0.15, 0.2) is 46.3 Å². The van der Waals surface area contributed by atoms with E-state index >= 15 is 0 Å². The molecule has 0 aromatic heterocycles. The Morgan fingerprint density at radius 2 is 1.83 bits per heavy atom. The molecule has 0 saturated carbocycles. The summed E-state index contributed by atoms with van der Waals surface area (Å²) in [6, 6.07) is 9.44. The number of hydrogen-bond acceptors (Lipinski definition) is 6. The van der Waals surface area contributed by atoms with Gasteiger partial charge in [0.1, 0.15) is 6.04 Å². The van der Waals surface area contributed by atoms with E-state index in [1.165, 1.54) is 13.2 Å². The van der Waals surface area contributed by atoms with E-state index in [0.29, 0.717) is 11.8 Å². The molecule has 2 aromatic carbocycles. The molecule has 10 heteroatoms. The Balaban J connectivity index is 2.36. The lowest BCUT2D eigenvalue weighted by atomic mass is 10.1. The summed E-state index contributed by atoms with van der Waals surface area (Å²) < 4.78 is 33.4. The van der Waals surface area contributed by atoms with Gasteiger partial charge in [-0.25, -0.2) is 8.42 Å². The zero-order valence-electron chi connectivity index (χ0n) is 16.8. The SMILES string of the molecule is COC(=O)[C@H](CCCN=C(N)N)NS(=O)(=O)c1cccc2c(N(C)C)cccc12. The molecular weight excluding hydrogens is 394 g/mol. The monoisotopic (exact) mass is 421 g/mol. The Bertz CT molecular complexity index is 1000. The number of ether oxygens (including phenoxy) is 1. The Hall–Kier alpha value is -2.85. The van der Waals surface area contributed by atoms with Crippen LogP contribution in [0.1, 0.15) is 12.8 Å². The number of nitrogens with two attached hydrogens (primary N) is 2. The number of anilines is 1. The van der Waals surface area contributed by atoms with Gasteiger partial charge in [-0.3, -0.25) is 9.79 Å². The van der Waals surface area contributed by atoms with Crippen LogP contribution in [0.25, 0.3) is 10.8 Å². The summed E-state index contributed by atoms with van der Waals surface area (Å²) in [5.41, 5.74) is 11.5. The predicted molar refractivity (Wildman–Crippen MR) is 114 cm³/mol. The number of rotatable bonds is 9. The van der Waals surface area contributed by atoms with Crippen LogP contribution in [-0.4, -0.2) is 54.1 Å². The van der Waals surface area contributed by atoms with Gasteiger partial charge in [-0.05, 0) is 25.0 Å². The van der Waals surface area contributed by atoms with Crippen molar-refractivity contribution in [2.24, 2.45) is 16.5 Å². The normalized spacial score (nSPS) is 12.4. The van der Waals surface area contributed by atoms with Crippen LogP contribution in [-0.2, 0) is 19.6 Å². The first-order valence-electron chi connectivity index (χ1n) is 9.02. The topological polar surface area (TPSA) is 140 Å². The molecule has 2 aromatic rings. The fourth-order valence-electron chi connectivity index (χ4n) is 3.01. The molecule has 0 fully saturated rings. The Morgan fingerprint density at radius 3 is 2.45 bits per heavy atom. The van der Waals surface area contributed by atoms with Crippen LogP contribution in [0, 0.1) is 0 Å². The van der Waals surface area contributed by atoms with Gasteiger partial charge < -0.3 is 21.1 Å². The van der Waals surface area contributed by atoms with Crippen molar-refractivity contribution in [1.29, 1.82) is 0 Å². The first-order valence-corrected chi connectivity index (χ1v) is 10.5. The third kappa shape index (κ3) is 5.58.